The topological polar surface area (TPSA) is 77.5 Å². The van der Waals surface area contributed by atoms with Crippen LogP contribution in [-0.2, 0) is 0 Å². The number of non-ortho nitro benzene ring substituents is 1. The molecule has 0 unspecified atom stereocenters. The number of imidazole rings is 1. The molecule has 3 aromatic carbocycles. The number of benzene rings is 3. The molecule has 0 bridgehead atoms. The highest BCUT2D eigenvalue weighted by Crippen LogP contribution is 2.30. The van der Waals surface area contributed by atoms with Crippen molar-refractivity contribution in [2.45, 2.75) is 0 Å². The fourth-order valence-corrected chi connectivity index (χ4v) is 3.39. The average Bonchev–Trinajstić information content (AvgIpc) is 2.98. The molecule has 2 aromatic heterocycles. The van der Waals surface area contributed by atoms with Crippen LogP contribution in [-0.4, -0.2) is 14.3 Å². The lowest BCUT2D eigenvalue weighted by Gasteiger charge is -2.06. The molecular weight excluding hydrogens is 306 g/mol. The maximum Gasteiger partial charge on any atom is 0.271 e. The molecule has 5 rings (SSSR count). The Bertz CT molecular complexity index is 1350. The Hall–Kier alpha value is -3.54. The van der Waals surface area contributed by atoms with Gasteiger partial charge in [0.15, 0.2) is 0 Å². The van der Waals surface area contributed by atoms with E-state index >= 15 is 0 Å². The first-order valence-corrected chi connectivity index (χ1v) is 7.39. The molecule has 0 fully saturated rings. The van der Waals surface area contributed by atoms with Gasteiger partial charge in [-0.1, -0.05) is 30.3 Å². The standard InChI is InChI=1S/C18H9N3O3/c22-18-13-6-2-4-10-3-1-5-12(16(10)13)17-19-14-9-11(21(23)24)7-8-15(14)20(17)18/h1-9H. The van der Waals surface area contributed by atoms with E-state index in [4.69, 9.17) is 0 Å². The fourth-order valence-electron chi connectivity index (χ4n) is 3.39. The van der Waals surface area contributed by atoms with E-state index in [1.54, 1.807) is 12.1 Å². The Balaban J connectivity index is 2.11. The number of rotatable bonds is 1. The van der Waals surface area contributed by atoms with Gasteiger partial charge in [-0.15, -0.1) is 0 Å². The van der Waals surface area contributed by atoms with Gasteiger partial charge in [-0.25, -0.2) is 4.98 Å². The van der Waals surface area contributed by atoms with E-state index < -0.39 is 4.92 Å². The molecule has 5 aromatic rings. The van der Waals surface area contributed by atoms with Gasteiger partial charge in [-0.05, 0) is 17.5 Å². The molecule has 0 spiro atoms. The summed E-state index contributed by atoms with van der Waals surface area (Å²) in [5.41, 5.74) is 1.34. The Labute approximate surface area is 134 Å². The van der Waals surface area contributed by atoms with Crippen molar-refractivity contribution in [2.24, 2.45) is 0 Å². The quantitative estimate of drug-likeness (QED) is 0.350. The lowest BCUT2D eigenvalue weighted by atomic mass is 10.0. The minimum atomic E-state index is -0.463. The van der Waals surface area contributed by atoms with Gasteiger partial charge in [0, 0.05) is 28.3 Å². The van der Waals surface area contributed by atoms with Gasteiger partial charge in [0.1, 0.15) is 5.65 Å². The van der Waals surface area contributed by atoms with Crippen LogP contribution in [0.15, 0.2) is 59.4 Å². The lowest BCUT2D eigenvalue weighted by Crippen LogP contribution is -2.13. The van der Waals surface area contributed by atoms with E-state index in [1.165, 1.54) is 16.5 Å². The smallest absolute Gasteiger partial charge is 0.268 e. The third-order valence-corrected chi connectivity index (χ3v) is 4.43. The molecular formula is C18H9N3O3. The van der Waals surface area contributed by atoms with E-state index in [-0.39, 0.29) is 11.2 Å². The van der Waals surface area contributed by atoms with Crippen LogP contribution in [0.4, 0.5) is 5.69 Å². The molecule has 2 heterocycles. The molecule has 0 saturated heterocycles. The number of nitro groups is 1. The molecule has 0 aliphatic heterocycles. The predicted molar refractivity (Wildman–Crippen MR) is 91.8 cm³/mol. The monoisotopic (exact) mass is 315 g/mol. The van der Waals surface area contributed by atoms with Gasteiger partial charge in [0.25, 0.3) is 11.2 Å². The first-order chi connectivity index (χ1) is 11.6. The van der Waals surface area contributed by atoms with Gasteiger partial charge in [-0.3, -0.25) is 19.3 Å². The zero-order valence-corrected chi connectivity index (χ0v) is 12.3. The number of pyridine rings is 1. The molecule has 0 aliphatic rings. The molecule has 6 heteroatoms. The highest BCUT2D eigenvalue weighted by Gasteiger charge is 2.17. The van der Waals surface area contributed by atoms with Crippen LogP contribution in [0.5, 0.6) is 0 Å². The second-order valence-electron chi connectivity index (χ2n) is 5.72. The number of aromatic nitrogens is 2. The number of nitrogens with zero attached hydrogens (tertiary/aromatic N) is 3. The second kappa shape index (κ2) is 4.26. The summed E-state index contributed by atoms with van der Waals surface area (Å²) in [7, 11) is 0. The molecule has 0 radical (unpaired) electrons. The van der Waals surface area contributed by atoms with Crippen molar-refractivity contribution in [2.75, 3.05) is 0 Å². The van der Waals surface area contributed by atoms with Crippen molar-refractivity contribution in [3.8, 4) is 0 Å². The summed E-state index contributed by atoms with van der Waals surface area (Å²) >= 11 is 0. The predicted octanol–water partition coefficient (Wildman–Crippen LogP) is 3.50. The van der Waals surface area contributed by atoms with Crippen molar-refractivity contribution >= 4 is 43.9 Å². The lowest BCUT2D eigenvalue weighted by molar-refractivity contribution is -0.384. The summed E-state index contributed by atoms with van der Waals surface area (Å²) in [5.74, 6) is 0. The summed E-state index contributed by atoms with van der Waals surface area (Å²) < 4.78 is 1.54. The molecule has 0 atom stereocenters. The molecule has 0 aliphatic carbocycles. The Morgan fingerprint density at radius 3 is 2.50 bits per heavy atom. The minimum absolute atomic E-state index is 0.0406. The number of nitro benzene ring substituents is 1. The van der Waals surface area contributed by atoms with Crippen molar-refractivity contribution in [3.63, 3.8) is 0 Å². The average molecular weight is 315 g/mol. The normalized spacial score (nSPS) is 11.8. The van der Waals surface area contributed by atoms with E-state index in [1.807, 2.05) is 30.3 Å². The third kappa shape index (κ3) is 1.49. The molecule has 114 valence electrons. The van der Waals surface area contributed by atoms with E-state index in [0.717, 1.165) is 16.2 Å². The summed E-state index contributed by atoms with van der Waals surface area (Å²) in [6.07, 6.45) is 0. The van der Waals surface area contributed by atoms with Gasteiger partial charge in [0.2, 0.25) is 0 Å². The number of hydrogen-bond acceptors (Lipinski definition) is 4. The zero-order valence-electron chi connectivity index (χ0n) is 12.3. The summed E-state index contributed by atoms with van der Waals surface area (Å²) in [6.45, 7) is 0. The molecule has 6 nitrogen and oxygen atoms in total. The summed E-state index contributed by atoms with van der Waals surface area (Å²) in [4.78, 5) is 28.0. The van der Waals surface area contributed by atoms with E-state index in [2.05, 4.69) is 4.98 Å². The Morgan fingerprint density at radius 2 is 1.75 bits per heavy atom. The summed E-state index contributed by atoms with van der Waals surface area (Å²) in [6, 6.07) is 15.8. The maximum atomic E-state index is 13.0. The van der Waals surface area contributed by atoms with Crippen molar-refractivity contribution in [1.82, 2.24) is 9.38 Å². The van der Waals surface area contributed by atoms with Gasteiger partial charge >= 0.3 is 0 Å². The van der Waals surface area contributed by atoms with Crippen molar-refractivity contribution in [3.05, 3.63) is 75.1 Å². The van der Waals surface area contributed by atoms with E-state index in [0.29, 0.717) is 22.1 Å². The number of fused-ring (bicyclic) bond motifs is 4. The largest absolute Gasteiger partial charge is 0.271 e. The highest BCUT2D eigenvalue weighted by molar-refractivity contribution is 6.15. The van der Waals surface area contributed by atoms with Crippen LogP contribution in [0, 0.1) is 10.1 Å². The molecule has 24 heavy (non-hydrogen) atoms. The van der Waals surface area contributed by atoms with Gasteiger partial charge in [-0.2, -0.15) is 0 Å². The van der Waals surface area contributed by atoms with Gasteiger partial charge < -0.3 is 0 Å². The number of hydrogen-bond donors (Lipinski definition) is 0. The minimum Gasteiger partial charge on any atom is -0.268 e. The first kappa shape index (κ1) is 13.0. The first-order valence-electron chi connectivity index (χ1n) is 7.39. The van der Waals surface area contributed by atoms with E-state index in [9.17, 15) is 14.9 Å². The van der Waals surface area contributed by atoms with Crippen molar-refractivity contribution < 1.29 is 4.92 Å². The Kier molecular flexibility index (Phi) is 2.30. The van der Waals surface area contributed by atoms with Crippen LogP contribution < -0.4 is 5.56 Å². The van der Waals surface area contributed by atoms with Crippen LogP contribution >= 0.6 is 0 Å². The molecule has 0 saturated carbocycles. The fraction of sp³-hybridized carbons (Fsp3) is 0. The third-order valence-electron chi connectivity index (χ3n) is 4.43. The second-order valence-corrected chi connectivity index (χ2v) is 5.72. The maximum absolute atomic E-state index is 13.0. The molecule has 0 amide bonds. The summed E-state index contributed by atoms with van der Waals surface area (Å²) in [5, 5.41) is 14.3. The molecule has 0 N–H and O–H groups in total. The Morgan fingerprint density at radius 1 is 1.00 bits per heavy atom. The van der Waals surface area contributed by atoms with Crippen LogP contribution in [0.25, 0.3) is 38.2 Å². The van der Waals surface area contributed by atoms with Crippen LogP contribution in [0.2, 0.25) is 0 Å². The zero-order chi connectivity index (χ0) is 16.4. The van der Waals surface area contributed by atoms with Gasteiger partial charge in [0.05, 0.1) is 16.0 Å². The van der Waals surface area contributed by atoms with Crippen molar-refractivity contribution in [1.29, 1.82) is 0 Å². The highest BCUT2D eigenvalue weighted by atomic mass is 16.6. The SMILES string of the molecule is O=c1c2cccc3cccc(c32)c2nc3cc([N+](=O)[O-])ccc3n12. The van der Waals surface area contributed by atoms with Crippen LogP contribution in [0.3, 0.4) is 0 Å². The van der Waals surface area contributed by atoms with Crippen LogP contribution in [0.1, 0.15) is 0 Å².